The second-order valence-corrected chi connectivity index (χ2v) is 4.34. The van der Waals surface area contributed by atoms with Crippen molar-refractivity contribution in [2.75, 3.05) is 7.05 Å². The highest BCUT2D eigenvalue weighted by molar-refractivity contribution is 9.10. The summed E-state index contributed by atoms with van der Waals surface area (Å²) in [7, 11) is 1.84. The Morgan fingerprint density at radius 1 is 1.60 bits per heavy atom. The fraction of sp³-hybridized carbons (Fsp3) is 0.400. The quantitative estimate of drug-likeness (QED) is 0.677. The number of nitrogens with zero attached hydrogens (tertiary/aromatic N) is 1. The Balaban J connectivity index is 3.02. The Morgan fingerprint density at radius 3 is 2.80 bits per heavy atom. The molecule has 82 valence electrons. The van der Waals surface area contributed by atoms with E-state index in [-0.39, 0.29) is 16.7 Å². The van der Waals surface area contributed by atoms with Crippen LogP contribution < -0.4 is 5.32 Å². The lowest BCUT2D eigenvalue weighted by atomic mass is 10.1. The molecule has 1 atom stereocenters. The van der Waals surface area contributed by atoms with Gasteiger partial charge in [-0.2, -0.15) is 0 Å². The van der Waals surface area contributed by atoms with Crippen LogP contribution in [0.5, 0.6) is 0 Å². The number of benzene rings is 1. The number of hydrogen-bond acceptors (Lipinski definition) is 3. The third-order valence-corrected chi connectivity index (χ3v) is 2.75. The first-order chi connectivity index (χ1) is 7.04. The van der Waals surface area contributed by atoms with Crippen molar-refractivity contribution in [2.45, 2.75) is 19.4 Å². The second-order valence-electron chi connectivity index (χ2n) is 3.42. The molecule has 0 fully saturated rings. The molecule has 0 aromatic heterocycles. The molecule has 0 bridgehead atoms. The van der Waals surface area contributed by atoms with Crippen molar-refractivity contribution < 1.29 is 4.92 Å². The Labute approximate surface area is 97.0 Å². The Morgan fingerprint density at radius 2 is 2.27 bits per heavy atom. The van der Waals surface area contributed by atoms with Gasteiger partial charge in [-0.3, -0.25) is 10.1 Å². The summed E-state index contributed by atoms with van der Waals surface area (Å²) in [5.41, 5.74) is 0.927. The van der Waals surface area contributed by atoms with E-state index >= 15 is 0 Å². The molecule has 1 aromatic rings. The molecular formula is C10H13BrN2O2. The van der Waals surface area contributed by atoms with Crippen LogP contribution >= 0.6 is 15.9 Å². The highest BCUT2D eigenvalue weighted by Gasteiger charge is 2.15. The molecule has 0 radical (unpaired) electrons. The Hall–Kier alpha value is -0.940. The summed E-state index contributed by atoms with van der Waals surface area (Å²) in [5.74, 6) is 0. The minimum absolute atomic E-state index is 0.181. The van der Waals surface area contributed by atoms with Gasteiger partial charge in [-0.15, -0.1) is 0 Å². The molecule has 0 spiro atoms. The van der Waals surface area contributed by atoms with E-state index in [0.717, 1.165) is 10.0 Å². The van der Waals surface area contributed by atoms with Crippen LogP contribution in [0.4, 0.5) is 5.69 Å². The lowest BCUT2D eigenvalue weighted by Gasteiger charge is -2.10. The van der Waals surface area contributed by atoms with E-state index in [9.17, 15) is 10.1 Å². The molecule has 5 heteroatoms. The zero-order valence-electron chi connectivity index (χ0n) is 8.66. The lowest BCUT2D eigenvalue weighted by molar-refractivity contribution is -0.385. The summed E-state index contributed by atoms with van der Waals surface area (Å²) in [5, 5.41) is 13.8. The van der Waals surface area contributed by atoms with Crippen LogP contribution in [-0.2, 0) is 6.42 Å². The van der Waals surface area contributed by atoms with Crippen LogP contribution in [0.15, 0.2) is 22.7 Å². The van der Waals surface area contributed by atoms with Crippen LogP contribution in [0, 0.1) is 10.1 Å². The Kier molecular flexibility index (Phi) is 4.23. The van der Waals surface area contributed by atoms with Gasteiger partial charge >= 0.3 is 0 Å². The second kappa shape index (κ2) is 5.23. The molecule has 1 unspecified atom stereocenters. The molecule has 4 nitrogen and oxygen atoms in total. The number of nitro benzene ring substituents is 1. The largest absolute Gasteiger partial charge is 0.317 e. The maximum Gasteiger partial charge on any atom is 0.272 e. The van der Waals surface area contributed by atoms with Gasteiger partial charge in [-0.05, 0) is 32.5 Å². The first kappa shape index (κ1) is 12.1. The van der Waals surface area contributed by atoms with Crippen LogP contribution in [0.25, 0.3) is 0 Å². The third kappa shape index (κ3) is 3.28. The van der Waals surface area contributed by atoms with Crippen LogP contribution in [0.1, 0.15) is 12.5 Å². The molecule has 0 amide bonds. The molecule has 0 aliphatic heterocycles. The number of nitrogens with one attached hydrogen (secondary N) is 1. The smallest absolute Gasteiger partial charge is 0.272 e. The van der Waals surface area contributed by atoms with E-state index < -0.39 is 0 Å². The van der Waals surface area contributed by atoms with Gasteiger partial charge in [0, 0.05) is 22.1 Å². The molecule has 0 aliphatic rings. The molecule has 15 heavy (non-hydrogen) atoms. The van der Waals surface area contributed by atoms with Crippen molar-refractivity contribution in [3.8, 4) is 0 Å². The fourth-order valence-electron chi connectivity index (χ4n) is 1.33. The number of halogens is 1. The maximum absolute atomic E-state index is 10.8. The summed E-state index contributed by atoms with van der Waals surface area (Å²) in [6, 6.07) is 5.23. The van der Waals surface area contributed by atoms with E-state index in [1.165, 1.54) is 6.07 Å². The van der Waals surface area contributed by atoms with Crippen molar-refractivity contribution >= 4 is 21.6 Å². The average molecular weight is 273 g/mol. The number of rotatable bonds is 4. The minimum Gasteiger partial charge on any atom is -0.317 e. The predicted octanol–water partition coefficient (Wildman–Crippen LogP) is 2.51. The van der Waals surface area contributed by atoms with Gasteiger partial charge < -0.3 is 5.32 Å². The topological polar surface area (TPSA) is 55.2 Å². The zero-order valence-corrected chi connectivity index (χ0v) is 10.2. The van der Waals surface area contributed by atoms with Crippen LogP contribution in [0.3, 0.4) is 0 Å². The highest BCUT2D eigenvalue weighted by atomic mass is 79.9. The third-order valence-electron chi connectivity index (χ3n) is 2.26. The average Bonchev–Trinajstić information content (AvgIpc) is 2.17. The van der Waals surface area contributed by atoms with Gasteiger partial charge in [0.05, 0.1) is 4.92 Å². The zero-order chi connectivity index (χ0) is 11.4. The van der Waals surface area contributed by atoms with Gasteiger partial charge in [0.15, 0.2) is 0 Å². The fourth-order valence-corrected chi connectivity index (χ4v) is 1.74. The molecule has 0 heterocycles. The standard InChI is InChI=1S/C10H13BrN2O2/c1-7(12-2)5-8-6-9(11)3-4-10(8)13(14)15/h3-4,6-7,12H,5H2,1-2H3. The highest BCUT2D eigenvalue weighted by Crippen LogP contribution is 2.24. The van der Waals surface area contributed by atoms with Crippen molar-refractivity contribution in [3.63, 3.8) is 0 Å². The SMILES string of the molecule is CNC(C)Cc1cc(Br)ccc1[N+](=O)[O-]. The van der Waals surface area contributed by atoms with Gasteiger partial charge in [-0.25, -0.2) is 0 Å². The van der Waals surface area contributed by atoms with Crippen molar-refractivity contribution in [3.05, 3.63) is 38.3 Å². The monoisotopic (exact) mass is 272 g/mol. The van der Waals surface area contributed by atoms with Crippen molar-refractivity contribution in [1.82, 2.24) is 5.32 Å². The minimum atomic E-state index is -0.343. The molecule has 0 aliphatic carbocycles. The van der Waals surface area contributed by atoms with Crippen molar-refractivity contribution in [2.24, 2.45) is 0 Å². The maximum atomic E-state index is 10.8. The van der Waals surface area contributed by atoms with E-state index in [4.69, 9.17) is 0 Å². The van der Waals surface area contributed by atoms with E-state index in [1.807, 2.05) is 14.0 Å². The first-order valence-corrected chi connectivity index (χ1v) is 5.44. The molecule has 1 rings (SSSR count). The normalized spacial score (nSPS) is 12.5. The Bertz CT molecular complexity index is 368. The number of nitro groups is 1. The summed E-state index contributed by atoms with van der Waals surface area (Å²) >= 11 is 3.31. The van der Waals surface area contributed by atoms with Crippen LogP contribution in [0.2, 0.25) is 0 Å². The predicted molar refractivity (Wildman–Crippen MR) is 63.0 cm³/mol. The van der Waals surface area contributed by atoms with Gasteiger partial charge in [0.1, 0.15) is 0 Å². The van der Waals surface area contributed by atoms with Gasteiger partial charge in [-0.1, -0.05) is 15.9 Å². The number of hydrogen-bond donors (Lipinski definition) is 1. The molecule has 1 N–H and O–H groups in total. The molecule has 0 saturated carbocycles. The first-order valence-electron chi connectivity index (χ1n) is 4.64. The summed E-state index contributed by atoms with van der Waals surface area (Å²) in [6.07, 6.45) is 0.645. The number of likely N-dealkylation sites (N-methyl/N-ethyl adjacent to an activating group) is 1. The van der Waals surface area contributed by atoms with Gasteiger partial charge in [0.25, 0.3) is 5.69 Å². The summed E-state index contributed by atoms with van der Waals surface area (Å²) < 4.78 is 0.867. The van der Waals surface area contributed by atoms with Crippen molar-refractivity contribution in [1.29, 1.82) is 0 Å². The van der Waals surface area contributed by atoms with Gasteiger partial charge in [0.2, 0.25) is 0 Å². The van der Waals surface area contributed by atoms with E-state index in [0.29, 0.717) is 6.42 Å². The van der Waals surface area contributed by atoms with E-state index in [2.05, 4.69) is 21.2 Å². The molecular weight excluding hydrogens is 260 g/mol. The summed E-state index contributed by atoms with van der Waals surface area (Å²) in [4.78, 5) is 10.4. The lowest BCUT2D eigenvalue weighted by Crippen LogP contribution is -2.23. The molecule has 0 saturated heterocycles. The molecule has 1 aromatic carbocycles. The van der Waals surface area contributed by atoms with E-state index in [1.54, 1.807) is 12.1 Å². The summed E-state index contributed by atoms with van der Waals surface area (Å²) in [6.45, 7) is 1.99. The van der Waals surface area contributed by atoms with Crippen LogP contribution in [-0.4, -0.2) is 18.0 Å².